The maximum Gasteiger partial charge on any atom is 0.150 e. The highest BCUT2D eigenvalue weighted by Gasteiger charge is 2.37. The van der Waals surface area contributed by atoms with E-state index in [1.807, 2.05) is 0 Å². The number of rotatable bonds is 8. The molecule has 0 spiro atoms. The molecule has 0 aromatic heterocycles. The van der Waals surface area contributed by atoms with Gasteiger partial charge in [0, 0.05) is 24.1 Å². The largest absolute Gasteiger partial charge is 0.316 e. The van der Waals surface area contributed by atoms with E-state index in [2.05, 4.69) is 12.2 Å². The van der Waals surface area contributed by atoms with Crippen LogP contribution in [0.5, 0.6) is 0 Å². The fourth-order valence-electron chi connectivity index (χ4n) is 2.90. The molecule has 0 aromatic rings. The molecule has 1 rings (SSSR count). The Morgan fingerprint density at radius 1 is 1.32 bits per heavy atom. The molecule has 1 N–H and O–H groups in total. The Kier molecular flexibility index (Phi) is 6.47. The van der Waals surface area contributed by atoms with Crippen LogP contribution in [-0.2, 0) is 14.6 Å². The Hall–Kier alpha value is -0.420. The van der Waals surface area contributed by atoms with Crippen molar-refractivity contribution in [3.8, 4) is 0 Å². The van der Waals surface area contributed by atoms with E-state index in [1.165, 1.54) is 0 Å². The van der Waals surface area contributed by atoms with E-state index in [-0.39, 0.29) is 22.7 Å². The van der Waals surface area contributed by atoms with Gasteiger partial charge in [-0.15, -0.1) is 0 Å². The molecule has 0 saturated carbocycles. The maximum absolute atomic E-state index is 12.4. The van der Waals surface area contributed by atoms with Crippen LogP contribution in [0.1, 0.15) is 52.4 Å². The minimum atomic E-state index is -2.95. The van der Waals surface area contributed by atoms with Crippen LogP contribution in [0.4, 0.5) is 0 Å². The van der Waals surface area contributed by atoms with Crippen molar-refractivity contribution in [3.63, 3.8) is 0 Å². The average molecular weight is 289 g/mol. The molecule has 4 nitrogen and oxygen atoms in total. The summed E-state index contributed by atoms with van der Waals surface area (Å²) in [5, 5.41) is 3.32. The lowest BCUT2D eigenvalue weighted by atomic mass is 9.72. The van der Waals surface area contributed by atoms with E-state index in [4.69, 9.17) is 0 Å². The van der Waals surface area contributed by atoms with Crippen molar-refractivity contribution in [2.45, 2.75) is 52.4 Å². The molecule has 0 bridgehead atoms. The Morgan fingerprint density at radius 3 is 2.58 bits per heavy atom. The van der Waals surface area contributed by atoms with Crippen LogP contribution in [-0.4, -0.2) is 38.8 Å². The van der Waals surface area contributed by atoms with E-state index in [0.29, 0.717) is 12.8 Å². The summed E-state index contributed by atoms with van der Waals surface area (Å²) in [4.78, 5) is 12.4. The molecule has 0 aliphatic carbocycles. The Labute approximate surface area is 117 Å². The van der Waals surface area contributed by atoms with Crippen molar-refractivity contribution >= 4 is 15.6 Å². The first-order valence-electron chi connectivity index (χ1n) is 7.40. The molecule has 0 aromatic carbocycles. The predicted octanol–water partition coefficient (Wildman–Crippen LogP) is 1.94. The highest BCUT2D eigenvalue weighted by atomic mass is 32.2. The van der Waals surface area contributed by atoms with Gasteiger partial charge in [-0.2, -0.15) is 0 Å². The van der Waals surface area contributed by atoms with Crippen molar-refractivity contribution in [3.05, 3.63) is 0 Å². The molecule has 1 heterocycles. The van der Waals surface area contributed by atoms with Crippen molar-refractivity contribution in [1.29, 1.82) is 0 Å². The molecule has 1 saturated heterocycles. The van der Waals surface area contributed by atoms with Gasteiger partial charge < -0.3 is 5.32 Å². The number of ketones is 1. The highest BCUT2D eigenvalue weighted by molar-refractivity contribution is 7.91. The maximum atomic E-state index is 12.4. The Bertz CT molecular complexity index is 378. The summed E-state index contributed by atoms with van der Waals surface area (Å²) in [6.07, 6.45) is 4.79. The van der Waals surface area contributed by atoms with E-state index < -0.39 is 9.84 Å². The zero-order valence-corrected chi connectivity index (χ0v) is 13.0. The first-order valence-corrected chi connectivity index (χ1v) is 9.22. The number of sulfone groups is 1. The minimum Gasteiger partial charge on any atom is -0.316 e. The van der Waals surface area contributed by atoms with Gasteiger partial charge in [-0.3, -0.25) is 4.79 Å². The summed E-state index contributed by atoms with van der Waals surface area (Å²) in [5.41, 5.74) is -0.233. The lowest BCUT2D eigenvalue weighted by Gasteiger charge is -2.36. The lowest BCUT2D eigenvalue weighted by Crippen LogP contribution is -2.45. The van der Waals surface area contributed by atoms with Gasteiger partial charge in [-0.1, -0.05) is 20.3 Å². The van der Waals surface area contributed by atoms with Gasteiger partial charge in [0.05, 0.1) is 5.75 Å². The third-order valence-electron chi connectivity index (χ3n) is 4.09. The number of hydrogen-bond acceptors (Lipinski definition) is 4. The number of piperidine rings is 1. The molecule has 19 heavy (non-hydrogen) atoms. The summed E-state index contributed by atoms with van der Waals surface area (Å²) in [6, 6.07) is 0. The van der Waals surface area contributed by atoms with Gasteiger partial charge in [0.15, 0.2) is 0 Å². The standard InChI is InChI=1S/C14H27NO3S/c1-3-8-14(9-6-10-15-12-14)13(16)7-5-11-19(17,18)4-2/h15H,3-12H2,1-2H3. The Morgan fingerprint density at radius 2 is 2.05 bits per heavy atom. The number of carbonyl (C=O) groups excluding carboxylic acids is 1. The van der Waals surface area contributed by atoms with E-state index in [0.717, 1.165) is 38.8 Å². The van der Waals surface area contributed by atoms with E-state index in [9.17, 15) is 13.2 Å². The highest BCUT2D eigenvalue weighted by Crippen LogP contribution is 2.34. The summed E-state index contributed by atoms with van der Waals surface area (Å²) in [5.74, 6) is 0.570. The third-order valence-corrected chi connectivity index (χ3v) is 5.88. The normalized spacial score (nSPS) is 24.3. The molecule has 1 unspecified atom stereocenters. The minimum absolute atomic E-state index is 0.144. The van der Waals surface area contributed by atoms with Crippen LogP contribution in [0.15, 0.2) is 0 Å². The summed E-state index contributed by atoms with van der Waals surface area (Å²) in [7, 11) is -2.95. The lowest BCUT2D eigenvalue weighted by molar-refractivity contribution is -0.130. The van der Waals surface area contributed by atoms with Gasteiger partial charge in [0.2, 0.25) is 0 Å². The number of hydrogen-bond donors (Lipinski definition) is 1. The molecule has 1 aliphatic rings. The second-order valence-corrected chi connectivity index (χ2v) is 8.05. The Balaban J connectivity index is 2.53. The second kappa shape index (κ2) is 7.39. The summed E-state index contributed by atoms with van der Waals surface area (Å²) >= 11 is 0. The zero-order chi connectivity index (χ0) is 14.4. The number of nitrogens with one attached hydrogen (secondary N) is 1. The van der Waals surface area contributed by atoms with Crippen molar-refractivity contribution in [2.75, 3.05) is 24.6 Å². The van der Waals surface area contributed by atoms with Crippen LogP contribution in [0, 0.1) is 5.41 Å². The fourth-order valence-corrected chi connectivity index (χ4v) is 3.77. The topological polar surface area (TPSA) is 63.2 Å². The van der Waals surface area contributed by atoms with Crippen molar-refractivity contribution in [1.82, 2.24) is 5.32 Å². The third kappa shape index (κ3) is 4.88. The molecule has 0 radical (unpaired) electrons. The molecule has 112 valence electrons. The van der Waals surface area contributed by atoms with E-state index >= 15 is 0 Å². The second-order valence-electron chi connectivity index (χ2n) is 5.57. The van der Waals surface area contributed by atoms with Crippen LogP contribution in [0.2, 0.25) is 0 Å². The first kappa shape index (κ1) is 16.6. The number of Topliss-reactive ketones (excluding diaryl/α,β-unsaturated/α-hetero) is 1. The van der Waals surface area contributed by atoms with Gasteiger partial charge in [-0.05, 0) is 32.2 Å². The van der Waals surface area contributed by atoms with Crippen LogP contribution in [0.25, 0.3) is 0 Å². The molecular weight excluding hydrogens is 262 g/mol. The van der Waals surface area contributed by atoms with Gasteiger partial charge in [0.1, 0.15) is 15.6 Å². The SMILES string of the molecule is CCCC1(C(=O)CCCS(=O)(=O)CC)CCCNC1. The van der Waals surface area contributed by atoms with Gasteiger partial charge >= 0.3 is 0 Å². The monoisotopic (exact) mass is 289 g/mol. The van der Waals surface area contributed by atoms with Crippen LogP contribution in [0.3, 0.4) is 0 Å². The summed E-state index contributed by atoms with van der Waals surface area (Å²) < 4.78 is 22.9. The van der Waals surface area contributed by atoms with E-state index in [1.54, 1.807) is 6.92 Å². The molecular formula is C14H27NO3S. The molecule has 0 amide bonds. The molecule has 1 aliphatic heterocycles. The van der Waals surface area contributed by atoms with Crippen LogP contribution < -0.4 is 5.32 Å². The molecule has 5 heteroatoms. The fraction of sp³-hybridized carbons (Fsp3) is 0.929. The van der Waals surface area contributed by atoms with Gasteiger partial charge in [-0.25, -0.2) is 8.42 Å². The van der Waals surface area contributed by atoms with Crippen molar-refractivity contribution < 1.29 is 13.2 Å². The summed E-state index contributed by atoms with van der Waals surface area (Å²) in [6.45, 7) is 5.51. The predicted molar refractivity (Wildman–Crippen MR) is 78.0 cm³/mol. The quantitative estimate of drug-likeness (QED) is 0.742. The zero-order valence-electron chi connectivity index (χ0n) is 12.2. The number of carbonyl (C=O) groups is 1. The molecule has 1 atom stereocenters. The van der Waals surface area contributed by atoms with Crippen molar-refractivity contribution in [2.24, 2.45) is 5.41 Å². The smallest absolute Gasteiger partial charge is 0.150 e. The molecule has 1 fully saturated rings. The van der Waals surface area contributed by atoms with Crippen LogP contribution >= 0.6 is 0 Å². The first-order chi connectivity index (χ1) is 8.96. The average Bonchev–Trinajstić information content (AvgIpc) is 2.40. The van der Waals surface area contributed by atoms with Gasteiger partial charge in [0.25, 0.3) is 0 Å².